The molecule has 3 rings (SSSR count). The topological polar surface area (TPSA) is 45.5 Å². The highest BCUT2D eigenvalue weighted by atomic mass is 16.3. The zero-order valence-electron chi connectivity index (χ0n) is 14.5. The molecule has 0 spiro atoms. The molecule has 24 heavy (non-hydrogen) atoms. The summed E-state index contributed by atoms with van der Waals surface area (Å²) in [5.41, 5.74) is 2.95. The van der Waals surface area contributed by atoms with Gasteiger partial charge in [0.1, 0.15) is 5.76 Å². The molecule has 1 aromatic carbocycles. The molecule has 4 nitrogen and oxygen atoms in total. The normalized spacial score (nSPS) is 16.8. The van der Waals surface area contributed by atoms with Gasteiger partial charge in [-0.1, -0.05) is 23.6 Å². The van der Waals surface area contributed by atoms with Crippen molar-refractivity contribution in [2.75, 3.05) is 19.6 Å². The van der Waals surface area contributed by atoms with Gasteiger partial charge in [-0.05, 0) is 64.0 Å². The molecule has 1 fully saturated rings. The van der Waals surface area contributed by atoms with Crippen LogP contribution in [0.1, 0.15) is 52.5 Å². The van der Waals surface area contributed by atoms with Crippen molar-refractivity contribution in [3.63, 3.8) is 0 Å². The van der Waals surface area contributed by atoms with E-state index in [9.17, 15) is 4.79 Å². The molecule has 0 aliphatic carbocycles. The minimum Gasteiger partial charge on any atom is -0.468 e. The second kappa shape index (κ2) is 7.67. The number of rotatable bonds is 5. The molecule has 4 heteroatoms. The third kappa shape index (κ3) is 4.06. The van der Waals surface area contributed by atoms with Gasteiger partial charge >= 0.3 is 0 Å². The fourth-order valence-electron chi connectivity index (χ4n) is 3.52. The molecule has 1 N–H and O–H groups in total. The molecule has 128 valence electrons. The summed E-state index contributed by atoms with van der Waals surface area (Å²) in [7, 11) is 0. The summed E-state index contributed by atoms with van der Waals surface area (Å²) >= 11 is 0. The number of amides is 1. The molecule has 0 radical (unpaired) electrons. The molecule has 0 saturated carbocycles. The van der Waals surface area contributed by atoms with Gasteiger partial charge in [0.15, 0.2) is 0 Å². The Morgan fingerprint density at radius 1 is 1.17 bits per heavy atom. The van der Waals surface area contributed by atoms with Gasteiger partial charge in [-0.3, -0.25) is 9.69 Å². The molecule has 1 saturated heterocycles. The lowest BCUT2D eigenvalue weighted by atomic mass is 10.1. The van der Waals surface area contributed by atoms with E-state index in [0.717, 1.165) is 35.5 Å². The average molecular weight is 326 g/mol. The first-order valence-electron chi connectivity index (χ1n) is 8.77. The molecule has 1 unspecified atom stereocenters. The Labute approximate surface area is 143 Å². The highest BCUT2D eigenvalue weighted by molar-refractivity contribution is 5.94. The van der Waals surface area contributed by atoms with Gasteiger partial charge in [0, 0.05) is 12.1 Å². The number of benzene rings is 1. The van der Waals surface area contributed by atoms with Crippen molar-refractivity contribution in [1.29, 1.82) is 0 Å². The molecule has 2 heterocycles. The number of carbonyl (C=O) groups excluding carboxylic acids is 1. The van der Waals surface area contributed by atoms with E-state index < -0.39 is 0 Å². The van der Waals surface area contributed by atoms with Crippen molar-refractivity contribution in [2.45, 2.75) is 39.2 Å². The van der Waals surface area contributed by atoms with Crippen LogP contribution in [0.2, 0.25) is 0 Å². The Morgan fingerprint density at radius 3 is 2.50 bits per heavy atom. The number of carbonyl (C=O) groups is 1. The van der Waals surface area contributed by atoms with E-state index in [2.05, 4.69) is 16.3 Å². The Bertz CT molecular complexity index is 653. The van der Waals surface area contributed by atoms with Crippen LogP contribution in [0.3, 0.4) is 0 Å². The summed E-state index contributed by atoms with van der Waals surface area (Å²) in [5, 5.41) is 3.10. The highest BCUT2D eigenvalue weighted by Crippen LogP contribution is 2.24. The van der Waals surface area contributed by atoms with Crippen LogP contribution in [0.25, 0.3) is 0 Å². The average Bonchev–Trinajstić information content (AvgIpc) is 3.09. The zero-order valence-corrected chi connectivity index (χ0v) is 14.5. The van der Waals surface area contributed by atoms with Crippen molar-refractivity contribution in [2.24, 2.45) is 0 Å². The maximum absolute atomic E-state index is 12.5. The van der Waals surface area contributed by atoms with E-state index >= 15 is 0 Å². The maximum Gasteiger partial charge on any atom is 0.251 e. The van der Waals surface area contributed by atoms with Gasteiger partial charge in [-0.2, -0.15) is 0 Å². The Kier molecular flexibility index (Phi) is 5.36. The minimum atomic E-state index is -0.0182. The predicted octanol–water partition coefficient (Wildman–Crippen LogP) is 3.85. The third-order valence-corrected chi connectivity index (χ3v) is 4.64. The fraction of sp³-hybridized carbons (Fsp3) is 0.450. The summed E-state index contributed by atoms with van der Waals surface area (Å²) < 4.78 is 5.63. The second-order valence-electron chi connectivity index (χ2n) is 6.71. The van der Waals surface area contributed by atoms with Gasteiger partial charge in [0.2, 0.25) is 0 Å². The number of likely N-dealkylation sites (tertiary alicyclic amines) is 1. The monoisotopic (exact) mass is 326 g/mol. The van der Waals surface area contributed by atoms with E-state index in [1.165, 1.54) is 19.3 Å². The molecular formula is C20H26N2O2. The number of hydrogen-bond acceptors (Lipinski definition) is 3. The second-order valence-corrected chi connectivity index (χ2v) is 6.71. The fourth-order valence-corrected chi connectivity index (χ4v) is 3.52. The van der Waals surface area contributed by atoms with Crippen LogP contribution in [-0.2, 0) is 0 Å². The lowest BCUT2D eigenvalue weighted by molar-refractivity contribution is 0.0914. The number of aryl methyl sites for hydroxylation is 2. The number of piperidine rings is 1. The van der Waals surface area contributed by atoms with Crippen LogP contribution < -0.4 is 5.32 Å². The molecule has 0 bridgehead atoms. The van der Waals surface area contributed by atoms with Gasteiger partial charge in [0.25, 0.3) is 5.91 Å². The first-order chi connectivity index (χ1) is 11.6. The molecule has 1 amide bonds. The number of nitrogens with zero attached hydrogens (tertiary/aromatic N) is 1. The maximum atomic E-state index is 12.5. The SMILES string of the molecule is Cc1cc(C)cc(C(=O)NCC(c2ccco2)N2CCCCC2)c1. The van der Waals surface area contributed by atoms with Crippen molar-refractivity contribution >= 4 is 5.91 Å². The lowest BCUT2D eigenvalue weighted by Crippen LogP contribution is -2.40. The van der Waals surface area contributed by atoms with Gasteiger partial charge in [-0.25, -0.2) is 0 Å². The van der Waals surface area contributed by atoms with Crippen molar-refractivity contribution in [1.82, 2.24) is 10.2 Å². The third-order valence-electron chi connectivity index (χ3n) is 4.64. The zero-order chi connectivity index (χ0) is 16.9. The minimum absolute atomic E-state index is 0.0182. The summed E-state index contributed by atoms with van der Waals surface area (Å²) in [6.45, 7) is 6.72. The molecule has 1 aliphatic heterocycles. The number of hydrogen-bond donors (Lipinski definition) is 1. The Balaban J connectivity index is 1.69. The summed E-state index contributed by atoms with van der Waals surface area (Å²) in [4.78, 5) is 15.0. The standard InChI is InChI=1S/C20H26N2O2/c1-15-11-16(2)13-17(12-15)20(23)21-14-18(19-7-6-10-24-19)22-8-4-3-5-9-22/h6-7,10-13,18H,3-5,8-9,14H2,1-2H3,(H,21,23). The van der Waals surface area contributed by atoms with E-state index in [0.29, 0.717) is 6.54 Å². The van der Waals surface area contributed by atoms with Crippen LogP contribution in [0, 0.1) is 13.8 Å². The van der Waals surface area contributed by atoms with Crippen molar-refractivity contribution < 1.29 is 9.21 Å². The van der Waals surface area contributed by atoms with E-state index in [-0.39, 0.29) is 11.9 Å². The largest absolute Gasteiger partial charge is 0.468 e. The van der Waals surface area contributed by atoms with Crippen LogP contribution in [0.15, 0.2) is 41.0 Å². The molecule has 1 atom stereocenters. The van der Waals surface area contributed by atoms with Gasteiger partial charge in [0.05, 0.1) is 12.3 Å². The number of furan rings is 1. The Hall–Kier alpha value is -2.07. The lowest BCUT2D eigenvalue weighted by Gasteiger charge is -2.33. The molecular weight excluding hydrogens is 300 g/mol. The Morgan fingerprint density at radius 2 is 1.88 bits per heavy atom. The highest BCUT2D eigenvalue weighted by Gasteiger charge is 2.25. The first kappa shape index (κ1) is 16.8. The van der Waals surface area contributed by atoms with E-state index in [4.69, 9.17) is 4.42 Å². The van der Waals surface area contributed by atoms with Crippen molar-refractivity contribution in [3.05, 3.63) is 59.0 Å². The van der Waals surface area contributed by atoms with Crippen molar-refractivity contribution in [3.8, 4) is 0 Å². The summed E-state index contributed by atoms with van der Waals surface area (Å²) in [5.74, 6) is 0.910. The summed E-state index contributed by atoms with van der Waals surface area (Å²) in [6.07, 6.45) is 5.42. The van der Waals surface area contributed by atoms with Crippen LogP contribution in [0.5, 0.6) is 0 Å². The van der Waals surface area contributed by atoms with Crippen LogP contribution in [0.4, 0.5) is 0 Å². The summed E-state index contributed by atoms with van der Waals surface area (Å²) in [6, 6.07) is 9.97. The van der Waals surface area contributed by atoms with Gasteiger partial charge < -0.3 is 9.73 Å². The molecule has 1 aliphatic rings. The van der Waals surface area contributed by atoms with Crippen LogP contribution in [-0.4, -0.2) is 30.4 Å². The molecule has 1 aromatic heterocycles. The van der Waals surface area contributed by atoms with E-state index in [1.807, 2.05) is 38.1 Å². The van der Waals surface area contributed by atoms with E-state index in [1.54, 1.807) is 6.26 Å². The smallest absolute Gasteiger partial charge is 0.251 e. The van der Waals surface area contributed by atoms with Gasteiger partial charge in [-0.15, -0.1) is 0 Å². The van der Waals surface area contributed by atoms with Crippen LogP contribution >= 0.6 is 0 Å². The quantitative estimate of drug-likeness (QED) is 0.907. The number of nitrogens with one attached hydrogen (secondary N) is 1. The molecule has 2 aromatic rings. The first-order valence-corrected chi connectivity index (χ1v) is 8.77. The predicted molar refractivity (Wildman–Crippen MR) is 95.1 cm³/mol.